The van der Waals surface area contributed by atoms with Gasteiger partial charge in [0, 0.05) is 15.4 Å². The number of rotatable bonds is 7. The lowest BCUT2D eigenvalue weighted by Gasteiger charge is -2.13. The smallest absolute Gasteiger partial charge is 0.282 e. The largest absolute Gasteiger partial charge is 0.493 e. The minimum atomic E-state index is -0.360. The molecule has 0 aliphatic heterocycles. The highest BCUT2D eigenvalue weighted by atomic mass is 35.5. The van der Waals surface area contributed by atoms with Crippen LogP contribution in [0.3, 0.4) is 0 Å². The quantitative estimate of drug-likeness (QED) is 0.172. The summed E-state index contributed by atoms with van der Waals surface area (Å²) < 4.78 is 18.7. The fourth-order valence-corrected chi connectivity index (χ4v) is 4.91. The maximum absolute atomic E-state index is 13.6. The second-order valence-corrected chi connectivity index (χ2v) is 10.3. The minimum Gasteiger partial charge on any atom is -0.493 e. The van der Waals surface area contributed by atoms with E-state index < -0.39 is 0 Å². The van der Waals surface area contributed by atoms with Crippen LogP contribution in [0.15, 0.2) is 99.2 Å². The summed E-state index contributed by atoms with van der Waals surface area (Å²) in [5.41, 5.74) is 2.26. The molecule has 0 fully saturated rings. The van der Waals surface area contributed by atoms with E-state index in [9.17, 15) is 4.79 Å². The Hall–Kier alpha value is -4.30. The highest BCUT2D eigenvalue weighted by Crippen LogP contribution is 2.37. The van der Waals surface area contributed by atoms with Gasteiger partial charge in [0.25, 0.3) is 5.56 Å². The lowest BCUT2D eigenvalue weighted by atomic mass is 10.2. The van der Waals surface area contributed by atoms with Gasteiger partial charge < -0.3 is 13.9 Å². The van der Waals surface area contributed by atoms with E-state index in [-0.39, 0.29) is 18.0 Å². The number of fused-ring (bicyclic) bond motifs is 2. The van der Waals surface area contributed by atoms with Crippen LogP contribution < -0.4 is 15.0 Å². The molecule has 10 heteroatoms. The number of nitrogens with zero attached hydrogens (tertiary/aromatic N) is 3. The molecular weight excluding hydrogens is 585 g/mol. The maximum atomic E-state index is 13.6. The zero-order valence-corrected chi connectivity index (χ0v) is 23.7. The third-order valence-electron chi connectivity index (χ3n) is 6.32. The van der Waals surface area contributed by atoms with Crippen LogP contribution in [-0.2, 0) is 6.61 Å². The van der Waals surface area contributed by atoms with E-state index in [4.69, 9.17) is 53.7 Å². The predicted molar refractivity (Wildman–Crippen MR) is 163 cm³/mol. The molecule has 0 aliphatic rings. The Bertz CT molecular complexity index is 2000. The van der Waals surface area contributed by atoms with Crippen molar-refractivity contribution in [2.24, 2.45) is 5.10 Å². The molecule has 6 rings (SSSR count). The number of halogens is 3. The first-order valence-electron chi connectivity index (χ1n) is 12.4. The van der Waals surface area contributed by atoms with Gasteiger partial charge in [-0.2, -0.15) is 9.78 Å². The van der Waals surface area contributed by atoms with Crippen molar-refractivity contribution in [2.75, 3.05) is 7.11 Å². The highest BCUT2D eigenvalue weighted by Gasteiger charge is 2.17. The molecule has 0 spiro atoms. The first-order valence-corrected chi connectivity index (χ1v) is 13.5. The third kappa shape index (κ3) is 5.52. The van der Waals surface area contributed by atoms with Gasteiger partial charge in [-0.15, -0.1) is 0 Å². The number of benzene rings is 4. The number of ether oxygens (including phenoxy) is 2. The van der Waals surface area contributed by atoms with Crippen molar-refractivity contribution in [1.82, 2.24) is 9.66 Å². The number of para-hydroxylation sites is 1. The van der Waals surface area contributed by atoms with Gasteiger partial charge >= 0.3 is 0 Å². The Morgan fingerprint density at radius 1 is 0.951 bits per heavy atom. The maximum Gasteiger partial charge on any atom is 0.282 e. The molecule has 0 aliphatic carbocycles. The number of methoxy groups -OCH3 is 1. The van der Waals surface area contributed by atoms with Gasteiger partial charge in [0.05, 0.1) is 29.2 Å². The molecule has 204 valence electrons. The van der Waals surface area contributed by atoms with E-state index in [1.54, 1.807) is 66.7 Å². The number of hydrogen-bond acceptors (Lipinski definition) is 6. The second-order valence-electron chi connectivity index (χ2n) is 9.06. The van der Waals surface area contributed by atoms with Gasteiger partial charge in [-0.05, 0) is 71.8 Å². The Balaban J connectivity index is 1.39. The van der Waals surface area contributed by atoms with Crippen LogP contribution in [0.4, 0.5) is 0 Å². The van der Waals surface area contributed by atoms with Crippen molar-refractivity contribution in [3.05, 3.63) is 121 Å². The van der Waals surface area contributed by atoms with E-state index in [1.165, 1.54) is 18.0 Å². The molecule has 0 radical (unpaired) electrons. The van der Waals surface area contributed by atoms with Gasteiger partial charge in [0.2, 0.25) is 5.82 Å². The standard InChI is InChI=1S/C31H20Cl3N3O4/c1-39-27-13-19(12-24(34)29(27)40-17-18-6-8-21(32)9-7-18)16-35-37-30(36-25-5-3-2-4-23(25)31(37)38)28-15-20-14-22(33)10-11-26(20)41-28/h2-16H,17H2,1H3. The van der Waals surface area contributed by atoms with E-state index >= 15 is 0 Å². The Morgan fingerprint density at radius 3 is 2.54 bits per heavy atom. The van der Waals surface area contributed by atoms with Crippen molar-refractivity contribution in [2.45, 2.75) is 6.61 Å². The van der Waals surface area contributed by atoms with Crippen LogP contribution in [0.2, 0.25) is 15.1 Å². The van der Waals surface area contributed by atoms with Crippen molar-refractivity contribution < 1.29 is 13.9 Å². The predicted octanol–water partition coefficient (Wildman–Crippen LogP) is 8.24. The van der Waals surface area contributed by atoms with Crippen LogP contribution >= 0.6 is 34.8 Å². The van der Waals surface area contributed by atoms with E-state index in [0.717, 1.165) is 10.9 Å². The molecule has 41 heavy (non-hydrogen) atoms. The van der Waals surface area contributed by atoms with Crippen LogP contribution in [-0.4, -0.2) is 23.0 Å². The molecule has 7 nitrogen and oxygen atoms in total. The van der Waals surface area contributed by atoms with Crippen molar-refractivity contribution in [3.8, 4) is 23.1 Å². The molecule has 0 bridgehead atoms. The van der Waals surface area contributed by atoms with Gasteiger partial charge in [-0.1, -0.05) is 59.1 Å². The lowest BCUT2D eigenvalue weighted by Crippen LogP contribution is -2.20. The molecule has 2 heterocycles. The summed E-state index contributed by atoms with van der Waals surface area (Å²) >= 11 is 18.7. The molecule has 0 N–H and O–H groups in total. The summed E-state index contributed by atoms with van der Waals surface area (Å²) in [5.74, 6) is 1.39. The summed E-state index contributed by atoms with van der Waals surface area (Å²) in [6, 6.07) is 24.8. The Morgan fingerprint density at radius 2 is 1.73 bits per heavy atom. The summed E-state index contributed by atoms with van der Waals surface area (Å²) in [6.07, 6.45) is 1.50. The monoisotopic (exact) mass is 603 g/mol. The number of hydrogen-bond donors (Lipinski definition) is 0. The lowest BCUT2D eigenvalue weighted by molar-refractivity contribution is 0.284. The van der Waals surface area contributed by atoms with Crippen LogP contribution in [0.5, 0.6) is 11.5 Å². The fraction of sp³-hybridized carbons (Fsp3) is 0.0645. The Labute approximate surface area is 249 Å². The average molecular weight is 605 g/mol. The second kappa shape index (κ2) is 11.3. The summed E-state index contributed by atoms with van der Waals surface area (Å²) in [5, 5.41) is 7.21. The van der Waals surface area contributed by atoms with Gasteiger partial charge in [-0.3, -0.25) is 4.79 Å². The molecular formula is C31H20Cl3N3O4. The normalized spacial score (nSPS) is 11.5. The first kappa shape index (κ1) is 26.9. The highest BCUT2D eigenvalue weighted by molar-refractivity contribution is 6.32. The van der Waals surface area contributed by atoms with Crippen molar-refractivity contribution >= 4 is 62.9 Å². The summed E-state index contributed by atoms with van der Waals surface area (Å²) in [6.45, 7) is 0.269. The van der Waals surface area contributed by atoms with E-state index in [1.807, 2.05) is 18.2 Å². The number of furan rings is 1. The molecule has 4 aromatic carbocycles. The summed E-state index contributed by atoms with van der Waals surface area (Å²) in [7, 11) is 1.52. The van der Waals surface area contributed by atoms with Gasteiger partial charge in [-0.25, -0.2) is 4.98 Å². The summed E-state index contributed by atoms with van der Waals surface area (Å²) in [4.78, 5) is 18.3. The molecule has 2 aromatic heterocycles. The molecule has 0 amide bonds. The number of aromatic nitrogens is 2. The molecule has 0 atom stereocenters. The SMILES string of the molecule is COc1cc(C=Nn2c(-c3cc4cc(Cl)ccc4o3)nc3ccccc3c2=O)cc(Cl)c1OCc1ccc(Cl)cc1. The minimum absolute atomic E-state index is 0.234. The molecule has 0 saturated carbocycles. The van der Waals surface area contributed by atoms with Crippen molar-refractivity contribution in [1.29, 1.82) is 0 Å². The van der Waals surface area contributed by atoms with Crippen molar-refractivity contribution in [3.63, 3.8) is 0 Å². The van der Waals surface area contributed by atoms with Gasteiger partial charge in [0.15, 0.2) is 17.3 Å². The topological polar surface area (TPSA) is 78.9 Å². The van der Waals surface area contributed by atoms with E-state index in [2.05, 4.69) is 5.10 Å². The van der Waals surface area contributed by atoms with Crippen LogP contribution in [0.1, 0.15) is 11.1 Å². The van der Waals surface area contributed by atoms with E-state index in [0.29, 0.717) is 54.4 Å². The zero-order chi connectivity index (χ0) is 28.5. The zero-order valence-electron chi connectivity index (χ0n) is 21.5. The van der Waals surface area contributed by atoms with Gasteiger partial charge in [0.1, 0.15) is 12.2 Å². The average Bonchev–Trinajstić information content (AvgIpc) is 3.39. The van der Waals surface area contributed by atoms with Crippen LogP contribution in [0.25, 0.3) is 33.5 Å². The molecule has 0 saturated heterocycles. The van der Waals surface area contributed by atoms with Crippen LogP contribution in [0, 0.1) is 0 Å². The molecule has 6 aromatic rings. The third-order valence-corrected chi connectivity index (χ3v) is 7.09. The molecule has 0 unspecified atom stereocenters. The Kier molecular flexibility index (Phi) is 7.41. The fourth-order valence-electron chi connectivity index (χ4n) is 4.33. The first-order chi connectivity index (χ1) is 19.9.